The van der Waals surface area contributed by atoms with Crippen molar-refractivity contribution in [1.82, 2.24) is 10.2 Å². The van der Waals surface area contributed by atoms with E-state index in [4.69, 9.17) is 0 Å². The number of likely N-dealkylation sites (N-methyl/N-ethyl adjacent to an activating group) is 1. The summed E-state index contributed by atoms with van der Waals surface area (Å²) >= 11 is 0. The van der Waals surface area contributed by atoms with Crippen molar-refractivity contribution in [3.63, 3.8) is 0 Å². The van der Waals surface area contributed by atoms with Crippen LogP contribution in [0.25, 0.3) is 0 Å². The van der Waals surface area contributed by atoms with Crippen molar-refractivity contribution >= 4 is 12.4 Å². The van der Waals surface area contributed by atoms with Crippen LogP contribution in [-0.2, 0) is 0 Å². The Hall–Kier alpha value is 0.0700. The van der Waals surface area contributed by atoms with Crippen molar-refractivity contribution in [2.24, 2.45) is 0 Å². The fraction of sp³-hybridized carbons (Fsp3) is 1.00. The van der Waals surface area contributed by atoms with Gasteiger partial charge in [0, 0.05) is 13.1 Å². The third-order valence-electron chi connectivity index (χ3n) is 1.56. The van der Waals surface area contributed by atoms with Gasteiger partial charge in [0.25, 0.3) is 5.92 Å². The monoisotopic (exact) mass is 186 g/mol. The summed E-state index contributed by atoms with van der Waals surface area (Å²) in [6, 6.07) is 0. The Morgan fingerprint density at radius 3 is 2.73 bits per heavy atom. The van der Waals surface area contributed by atoms with Crippen LogP contribution in [0, 0.1) is 0 Å². The Bertz CT molecular complexity index is 121. The lowest BCUT2D eigenvalue weighted by atomic mass is 10.3. The van der Waals surface area contributed by atoms with E-state index in [0.717, 1.165) is 0 Å². The number of nitrogens with zero attached hydrogens (tertiary/aromatic N) is 1. The zero-order valence-corrected chi connectivity index (χ0v) is 7.26. The average molecular weight is 187 g/mol. The summed E-state index contributed by atoms with van der Waals surface area (Å²) in [6.07, 6.45) is 0. The molecule has 1 aliphatic heterocycles. The van der Waals surface area contributed by atoms with E-state index in [9.17, 15) is 8.78 Å². The lowest BCUT2D eigenvalue weighted by Crippen LogP contribution is -2.36. The van der Waals surface area contributed by atoms with E-state index in [-0.39, 0.29) is 25.5 Å². The van der Waals surface area contributed by atoms with Crippen LogP contribution in [0.4, 0.5) is 8.78 Å². The second-order valence-electron chi connectivity index (χ2n) is 2.77. The number of rotatable bonds is 0. The highest BCUT2D eigenvalue weighted by Gasteiger charge is 2.31. The highest BCUT2D eigenvalue weighted by Crippen LogP contribution is 2.14. The molecule has 5 heteroatoms. The molecule has 0 aromatic carbocycles. The molecule has 1 N–H and O–H groups in total. The SMILES string of the molecule is CN1CCNCC(F)(F)C1.Cl. The molecule has 68 valence electrons. The highest BCUT2D eigenvalue weighted by atomic mass is 35.5. The maximum absolute atomic E-state index is 12.6. The minimum atomic E-state index is -2.55. The van der Waals surface area contributed by atoms with Crippen LogP contribution >= 0.6 is 12.4 Å². The van der Waals surface area contributed by atoms with E-state index in [0.29, 0.717) is 13.1 Å². The van der Waals surface area contributed by atoms with Gasteiger partial charge in [-0.1, -0.05) is 0 Å². The highest BCUT2D eigenvalue weighted by molar-refractivity contribution is 5.85. The Balaban J connectivity index is 0.000001000. The molecule has 1 aliphatic rings. The third kappa shape index (κ3) is 3.84. The minimum absolute atomic E-state index is 0. The molecular formula is C6H13ClF2N2. The molecule has 1 heterocycles. The first-order valence-electron chi connectivity index (χ1n) is 3.37. The molecule has 0 spiro atoms. The van der Waals surface area contributed by atoms with Crippen molar-refractivity contribution < 1.29 is 8.78 Å². The van der Waals surface area contributed by atoms with Crippen LogP contribution in [0.15, 0.2) is 0 Å². The van der Waals surface area contributed by atoms with Gasteiger partial charge in [-0.25, -0.2) is 8.78 Å². The van der Waals surface area contributed by atoms with E-state index in [1.165, 1.54) is 0 Å². The lowest BCUT2D eigenvalue weighted by Gasteiger charge is -2.18. The van der Waals surface area contributed by atoms with Gasteiger partial charge in [0.15, 0.2) is 0 Å². The third-order valence-corrected chi connectivity index (χ3v) is 1.56. The molecule has 11 heavy (non-hydrogen) atoms. The largest absolute Gasteiger partial charge is 0.310 e. The molecule has 1 saturated heterocycles. The zero-order chi connectivity index (χ0) is 7.61. The zero-order valence-electron chi connectivity index (χ0n) is 6.44. The molecule has 0 unspecified atom stereocenters. The molecule has 0 aliphatic carbocycles. The standard InChI is InChI=1S/C6H12F2N2.ClH/c1-10-3-2-9-4-6(7,8)5-10;/h9H,2-5H2,1H3;1H. The van der Waals surface area contributed by atoms with E-state index < -0.39 is 5.92 Å². The summed E-state index contributed by atoms with van der Waals surface area (Å²) in [5.74, 6) is -2.55. The second-order valence-corrected chi connectivity index (χ2v) is 2.77. The Morgan fingerprint density at radius 1 is 1.45 bits per heavy atom. The lowest BCUT2D eigenvalue weighted by molar-refractivity contribution is -0.0131. The topological polar surface area (TPSA) is 15.3 Å². The Labute approximate surface area is 71.4 Å². The molecule has 1 fully saturated rings. The van der Waals surface area contributed by atoms with Gasteiger partial charge < -0.3 is 5.32 Å². The van der Waals surface area contributed by atoms with Crippen LogP contribution in [-0.4, -0.2) is 44.0 Å². The van der Waals surface area contributed by atoms with Gasteiger partial charge >= 0.3 is 0 Å². The predicted molar refractivity (Wildman–Crippen MR) is 42.6 cm³/mol. The number of halogens is 3. The normalized spacial score (nSPS) is 25.4. The first-order valence-corrected chi connectivity index (χ1v) is 3.37. The quantitative estimate of drug-likeness (QED) is 0.596. The van der Waals surface area contributed by atoms with Crippen LogP contribution in [0.5, 0.6) is 0 Å². The van der Waals surface area contributed by atoms with Crippen LogP contribution in [0.3, 0.4) is 0 Å². The minimum Gasteiger partial charge on any atom is -0.310 e. The van der Waals surface area contributed by atoms with Crippen molar-refractivity contribution in [3.05, 3.63) is 0 Å². The summed E-state index contributed by atoms with van der Waals surface area (Å²) in [6.45, 7) is 1.05. The summed E-state index contributed by atoms with van der Waals surface area (Å²) in [5, 5.41) is 2.68. The van der Waals surface area contributed by atoms with Crippen molar-refractivity contribution in [2.75, 3.05) is 33.2 Å². The van der Waals surface area contributed by atoms with Gasteiger partial charge in [0.05, 0.1) is 13.1 Å². The van der Waals surface area contributed by atoms with E-state index in [2.05, 4.69) is 5.32 Å². The van der Waals surface area contributed by atoms with Crippen molar-refractivity contribution in [1.29, 1.82) is 0 Å². The predicted octanol–water partition coefficient (Wildman–Crippen LogP) is 0.578. The summed E-state index contributed by atoms with van der Waals surface area (Å²) < 4.78 is 25.2. The maximum Gasteiger partial charge on any atom is 0.272 e. The molecule has 0 atom stereocenters. The van der Waals surface area contributed by atoms with Gasteiger partial charge in [-0.15, -0.1) is 12.4 Å². The van der Waals surface area contributed by atoms with Gasteiger partial charge in [-0.2, -0.15) is 0 Å². The Morgan fingerprint density at radius 2 is 2.09 bits per heavy atom. The number of hydrogen-bond acceptors (Lipinski definition) is 2. The van der Waals surface area contributed by atoms with Crippen LogP contribution in [0.2, 0.25) is 0 Å². The van der Waals surface area contributed by atoms with Gasteiger partial charge in [0.1, 0.15) is 0 Å². The van der Waals surface area contributed by atoms with E-state index in [1.54, 1.807) is 11.9 Å². The fourth-order valence-electron chi connectivity index (χ4n) is 1.07. The van der Waals surface area contributed by atoms with Gasteiger partial charge in [0.2, 0.25) is 0 Å². The van der Waals surface area contributed by atoms with Crippen LogP contribution in [0.1, 0.15) is 0 Å². The second kappa shape index (κ2) is 4.18. The average Bonchev–Trinajstić information content (AvgIpc) is 1.90. The van der Waals surface area contributed by atoms with Crippen molar-refractivity contribution in [2.45, 2.75) is 5.92 Å². The van der Waals surface area contributed by atoms with Crippen LogP contribution < -0.4 is 5.32 Å². The maximum atomic E-state index is 12.6. The molecule has 0 aromatic rings. The summed E-state index contributed by atoms with van der Waals surface area (Å²) in [4.78, 5) is 1.64. The molecule has 1 rings (SSSR count). The van der Waals surface area contributed by atoms with Crippen molar-refractivity contribution in [3.8, 4) is 0 Å². The fourth-order valence-corrected chi connectivity index (χ4v) is 1.07. The first kappa shape index (κ1) is 11.1. The number of alkyl halides is 2. The molecule has 0 saturated carbocycles. The Kier molecular flexibility index (Phi) is 4.21. The first-order chi connectivity index (χ1) is 4.60. The molecule has 0 aromatic heterocycles. The number of nitrogens with one attached hydrogen (secondary N) is 1. The molecule has 0 amide bonds. The molecule has 0 bridgehead atoms. The molecule has 2 nitrogen and oxygen atoms in total. The summed E-state index contributed by atoms with van der Waals surface area (Å²) in [5.41, 5.74) is 0. The smallest absolute Gasteiger partial charge is 0.272 e. The van der Waals surface area contributed by atoms with Gasteiger partial charge in [-0.3, -0.25) is 4.90 Å². The van der Waals surface area contributed by atoms with E-state index in [1.807, 2.05) is 0 Å². The molecule has 0 radical (unpaired) electrons. The van der Waals surface area contributed by atoms with E-state index >= 15 is 0 Å². The van der Waals surface area contributed by atoms with Gasteiger partial charge in [-0.05, 0) is 7.05 Å². The molecular weight excluding hydrogens is 174 g/mol. The number of hydrogen-bond donors (Lipinski definition) is 1. The summed E-state index contributed by atoms with van der Waals surface area (Å²) in [7, 11) is 1.71.